The van der Waals surface area contributed by atoms with Crippen LogP contribution in [0.15, 0.2) is 45.6 Å². The maximum Gasteiger partial charge on any atom is 0.417 e. The van der Waals surface area contributed by atoms with E-state index in [4.69, 9.17) is 4.42 Å². The summed E-state index contributed by atoms with van der Waals surface area (Å²) in [5.74, 6) is -0.969. The van der Waals surface area contributed by atoms with Crippen LogP contribution in [0.4, 0.5) is 11.4 Å². The Morgan fingerprint density at radius 3 is 2.79 bits per heavy atom. The molecule has 2 heterocycles. The van der Waals surface area contributed by atoms with Crippen LogP contribution < -0.4 is 16.0 Å². The molecule has 29 heavy (non-hydrogen) atoms. The number of piperazine rings is 1. The summed E-state index contributed by atoms with van der Waals surface area (Å²) in [4.78, 5) is 30.5. The SMILES string of the molecule is C[C@@H]1CN(c2ccc(O)c(O)c2)CCN1CC(=O)Nc1ccc2[nH]c(=O)oc2c1. The number of amides is 1. The number of H-pyrrole nitrogens is 1. The van der Waals surface area contributed by atoms with Gasteiger partial charge in [0, 0.05) is 49.2 Å². The van der Waals surface area contributed by atoms with E-state index < -0.39 is 5.76 Å². The van der Waals surface area contributed by atoms with Crippen molar-refractivity contribution in [1.82, 2.24) is 9.88 Å². The van der Waals surface area contributed by atoms with E-state index in [1.807, 2.05) is 6.92 Å². The van der Waals surface area contributed by atoms with Gasteiger partial charge in [-0.2, -0.15) is 0 Å². The largest absolute Gasteiger partial charge is 0.504 e. The van der Waals surface area contributed by atoms with Crippen LogP contribution in [0.3, 0.4) is 0 Å². The number of hydrogen-bond donors (Lipinski definition) is 4. The molecule has 1 saturated heterocycles. The Morgan fingerprint density at radius 2 is 2.03 bits per heavy atom. The van der Waals surface area contributed by atoms with Gasteiger partial charge in [-0.25, -0.2) is 4.79 Å². The van der Waals surface area contributed by atoms with E-state index in [-0.39, 0.29) is 30.0 Å². The molecule has 0 radical (unpaired) electrons. The summed E-state index contributed by atoms with van der Waals surface area (Å²) in [6.07, 6.45) is 0. The maximum atomic E-state index is 12.5. The van der Waals surface area contributed by atoms with Gasteiger partial charge in [-0.05, 0) is 31.2 Å². The third-order valence-corrected chi connectivity index (χ3v) is 5.14. The molecule has 9 heteroatoms. The number of rotatable bonds is 4. The zero-order valence-electron chi connectivity index (χ0n) is 15.9. The molecule has 0 saturated carbocycles. The van der Waals surface area contributed by atoms with E-state index in [0.29, 0.717) is 36.4 Å². The van der Waals surface area contributed by atoms with Crippen molar-refractivity contribution in [2.45, 2.75) is 13.0 Å². The number of carbonyl (C=O) groups is 1. The van der Waals surface area contributed by atoms with Gasteiger partial charge in [-0.3, -0.25) is 14.7 Å². The number of aromatic nitrogens is 1. The van der Waals surface area contributed by atoms with Gasteiger partial charge in [-0.15, -0.1) is 0 Å². The Balaban J connectivity index is 1.36. The van der Waals surface area contributed by atoms with Crippen LogP contribution in [-0.2, 0) is 4.79 Å². The number of oxazole rings is 1. The van der Waals surface area contributed by atoms with E-state index in [1.165, 1.54) is 6.07 Å². The molecule has 152 valence electrons. The molecule has 4 rings (SSSR count). The van der Waals surface area contributed by atoms with E-state index in [2.05, 4.69) is 20.1 Å². The van der Waals surface area contributed by atoms with Crippen molar-refractivity contribution in [2.24, 2.45) is 0 Å². The molecule has 1 aliphatic heterocycles. The molecule has 1 fully saturated rings. The van der Waals surface area contributed by atoms with Crippen LogP contribution in [0, 0.1) is 0 Å². The van der Waals surface area contributed by atoms with E-state index in [1.54, 1.807) is 30.3 Å². The lowest BCUT2D eigenvalue weighted by molar-refractivity contribution is -0.117. The second-order valence-electron chi connectivity index (χ2n) is 7.21. The first-order valence-corrected chi connectivity index (χ1v) is 9.33. The van der Waals surface area contributed by atoms with Gasteiger partial charge in [0.25, 0.3) is 0 Å². The lowest BCUT2D eigenvalue weighted by Gasteiger charge is -2.40. The molecule has 2 aromatic carbocycles. The quantitative estimate of drug-likeness (QED) is 0.493. The molecule has 1 aromatic heterocycles. The van der Waals surface area contributed by atoms with Gasteiger partial charge in [0.15, 0.2) is 17.1 Å². The average Bonchev–Trinajstić information content (AvgIpc) is 3.05. The third-order valence-electron chi connectivity index (χ3n) is 5.14. The van der Waals surface area contributed by atoms with Crippen molar-refractivity contribution in [1.29, 1.82) is 0 Å². The molecule has 0 aliphatic carbocycles. The number of aromatic hydroxyl groups is 2. The highest BCUT2D eigenvalue weighted by atomic mass is 16.4. The predicted octanol–water partition coefficient (Wildman–Crippen LogP) is 1.68. The topological polar surface area (TPSA) is 122 Å². The Bertz CT molecular complexity index is 1110. The average molecular weight is 398 g/mol. The minimum absolute atomic E-state index is 0.121. The number of nitrogens with one attached hydrogen (secondary N) is 2. The summed E-state index contributed by atoms with van der Waals surface area (Å²) in [6, 6.07) is 9.91. The number of phenolic OH excluding ortho intramolecular Hbond substituents is 2. The number of nitrogens with zero attached hydrogens (tertiary/aromatic N) is 2. The van der Waals surface area contributed by atoms with Gasteiger partial charge in [-0.1, -0.05) is 0 Å². The Hall–Kier alpha value is -3.46. The van der Waals surface area contributed by atoms with Crippen LogP contribution in [0.25, 0.3) is 11.1 Å². The summed E-state index contributed by atoms with van der Waals surface area (Å²) >= 11 is 0. The smallest absolute Gasteiger partial charge is 0.417 e. The first kappa shape index (κ1) is 18.9. The monoisotopic (exact) mass is 398 g/mol. The Kier molecular flexibility index (Phi) is 4.89. The molecular formula is C20H22N4O5. The van der Waals surface area contributed by atoms with Crippen molar-refractivity contribution in [3.05, 3.63) is 46.9 Å². The first-order chi connectivity index (χ1) is 13.9. The van der Waals surface area contributed by atoms with Gasteiger partial charge >= 0.3 is 5.76 Å². The number of aromatic amines is 1. The normalized spacial score (nSPS) is 17.6. The number of hydrogen-bond acceptors (Lipinski definition) is 7. The van der Waals surface area contributed by atoms with Crippen molar-refractivity contribution < 1.29 is 19.4 Å². The zero-order valence-corrected chi connectivity index (χ0v) is 15.9. The molecular weight excluding hydrogens is 376 g/mol. The molecule has 1 atom stereocenters. The number of carbonyl (C=O) groups excluding carboxylic acids is 1. The Morgan fingerprint density at radius 1 is 1.21 bits per heavy atom. The number of anilines is 2. The second-order valence-corrected chi connectivity index (χ2v) is 7.21. The Labute approximate surface area is 166 Å². The lowest BCUT2D eigenvalue weighted by Crippen LogP contribution is -2.53. The van der Waals surface area contributed by atoms with E-state index in [9.17, 15) is 19.8 Å². The fraction of sp³-hybridized carbons (Fsp3) is 0.300. The van der Waals surface area contributed by atoms with Crippen molar-refractivity contribution in [3.63, 3.8) is 0 Å². The van der Waals surface area contributed by atoms with Gasteiger partial charge in [0.2, 0.25) is 5.91 Å². The van der Waals surface area contributed by atoms with Crippen LogP contribution in [0.1, 0.15) is 6.92 Å². The third kappa shape index (κ3) is 4.04. The minimum Gasteiger partial charge on any atom is -0.504 e. The van der Waals surface area contributed by atoms with Gasteiger partial charge < -0.3 is 24.8 Å². The summed E-state index contributed by atoms with van der Waals surface area (Å²) in [5, 5.41) is 22.0. The molecule has 3 aromatic rings. The summed E-state index contributed by atoms with van der Waals surface area (Å²) in [7, 11) is 0. The number of benzene rings is 2. The van der Waals surface area contributed by atoms with Crippen molar-refractivity contribution in [3.8, 4) is 11.5 Å². The summed E-state index contributed by atoms with van der Waals surface area (Å²) in [5.41, 5.74) is 2.37. The van der Waals surface area contributed by atoms with Crippen LogP contribution in [0.5, 0.6) is 11.5 Å². The van der Waals surface area contributed by atoms with E-state index >= 15 is 0 Å². The second kappa shape index (κ2) is 7.51. The van der Waals surface area contributed by atoms with Crippen molar-refractivity contribution >= 4 is 28.4 Å². The van der Waals surface area contributed by atoms with Crippen LogP contribution in [0.2, 0.25) is 0 Å². The van der Waals surface area contributed by atoms with E-state index in [0.717, 1.165) is 5.69 Å². The van der Waals surface area contributed by atoms with Crippen LogP contribution in [-0.4, -0.2) is 58.2 Å². The number of fused-ring (bicyclic) bond motifs is 1. The van der Waals surface area contributed by atoms with Crippen LogP contribution >= 0.6 is 0 Å². The highest BCUT2D eigenvalue weighted by molar-refractivity contribution is 5.94. The number of phenols is 2. The van der Waals surface area contributed by atoms with Gasteiger partial charge in [0.1, 0.15) is 0 Å². The molecule has 4 N–H and O–H groups in total. The summed E-state index contributed by atoms with van der Waals surface area (Å²) in [6.45, 7) is 4.35. The minimum atomic E-state index is -0.530. The molecule has 1 aliphatic rings. The highest BCUT2D eigenvalue weighted by Crippen LogP contribution is 2.30. The maximum absolute atomic E-state index is 12.5. The van der Waals surface area contributed by atoms with Gasteiger partial charge in [0.05, 0.1) is 12.1 Å². The predicted molar refractivity (Wildman–Crippen MR) is 108 cm³/mol. The molecule has 1 amide bonds. The van der Waals surface area contributed by atoms with Crippen molar-refractivity contribution in [2.75, 3.05) is 36.4 Å². The zero-order chi connectivity index (χ0) is 20.5. The molecule has 0 unspecified atom stereocenters. The fourth-order valence-corrected chi connectivity index (χ4v) is 3.58. The molecule has 0 spiro atoms. The first-order valence-electron chi connectivity index (χ1n) is 9.33. The molecule has 0 bridgehead atoms. The highest BCUT2D eigenvalue weighted by Gasteiger charge is 2.26. The standard InChI is InChI=1S/C20H22N4O5/c1-12-10-24(14-3-5-16(25)17(26)9-14)7-6-23(12)11-19(27)21-13-2-4-15-18(8-13)29-20(28)22-15/h2-5,8-9,12,25-26H,6-7,10-11H2,1H3,(H,21,27)(H,22,28)/t12-/m1/s1. The fourth-order valence-electron chi connectivity index (χ4n) is 3.58. The lowest BCUT2D eigenvalue weighted by atomic mass is 10.1. The summed E-state index contributed by atoms with van der Waals surface area (Å²) < 4.78 is 5.01. The molecule has 9 nitrogen and oxygen atoms in total.